The van der Waals surface area contributed by atoms with Gasteiger partial charge in [0.05, 0.1) is 25.9 Å². The summed E-state index contributed by atoms with van der Waals surface area (Å²) in [6.07, 6.45) is 0. The second-order valence-electron chi connectivity index (χ2n) is 5.06. The molecule has 1 saturated heterocycles. The summed E-state index contributed by atoms with van der Waals surface area (Å²) < 4.78 is 15.6. The van der Waals surface area contributed by atoms with Gasteiger partial charge in [-0.15, -0.1) is 0 Å². The van der Waals surface area contributed by atoms with Crippen LogP contribution < -0.4 is 4.74 Å². The number of carbonyl (C=O) groups is 1. The van der Waals surface area contributed by atoms with Crippen LogP contribution in [0.3, 0.4) is 0 Å². The lowest BCUT2D eigenvalue weighted by atomic mass is 9.90. The highest BCUT2D eigenvalue weighted by Gasteiger charge is 2.35. The van der Waals surface area contributed by atoms with Crippen molar-refractivity contribution < 1.29 is 19.0 Å². The Morgan fingerprint density at radius 2 is 2.17 bits per heavy atom. The Bertz CT molecular complexity index is 449. The Balaban J connectivity index is 2.00. The number of ether oxygens (including phenoxy) is 3. The molecular formula is C14H18O4. The molecule has 0 N–H and O–H groups in total. The highest BCUT2D eigenvalue weighted by atomic mass is 16.5. The van der Waals surface area contributed by atoms with Gasteiger partial charge in [0.2, 0.25) is 0 Å². The van der Waals surface area contributed by atoms with Gasteiger partial charge >= 0.3 is 5.97 Å². The van der Waals surface area contributed by atoms with Crippen molar-refractivity contribution in [1.82, 2.24) is 0 Å². The molecule has 1 aromatic rings. The Hall–Kier alpha value is -1.55. The highest BCUT2D eigenvalue weighted by molar-refractivity contribution is 5.91. The number of benzene rings is 1. The zero-order valence-electron chi connectivity index (χ0n) is 11.0. The SMILES string of the molecule is COc1ccc(C(=O)OCC2(C)COC2)c(C)c1. The van der Waals surface area contributed by atoms with Crippen molar-refractivity contribution >= 4 is 5.97 Å². The zero-order chi connectivity index (χ0) is 13.2. The lowest BCUT2D eigenvalue weighted by Crippen LogP contribution is -2.44. The maximum atomic E-state index is 11.9. The Morgan fingerprint density at radius 3 is 2.67 bits per heavy atom. The number of hydrogen-bond acceptors (Lipinski definition) is 4. The maximum Gasteiger partial charge on any atom is 0.338 e. The van der Waals surface area contributed by atoms with Gasteiger partial charge in [-0.25, -0.2) is 4.79 Å². The summed E-state index contributed by atoms with van der Waals surface area (Å²) >= 11 is 0. The van der Waals surface area contributed by atoms with Gasteiger partial charge in [-0.3, -0.25) is 0 Å². The number of hydrogen-bond donors (Lipinski definition) is 0. The molecule has 1 aliphatic rings. The van der Waals surface area contributed by atoms with Crippen molar-refractivity contribution in [3.05, 3.63) is 29.3 Å². The van der Waals surface area contributed by atoms with Gasteiger partial charge in [0.15, 0.2) is 0 Å². The average molecular weight is 250 g/mol. The van der Waals surface area contributed by atoms with Crippen LogP contribution in [-0.4, -0.2) is 32.9 Å². The first-order valence-corrected chi connectivity index (χ1v) is 5.94. The average Bonchev–Trinajstić information content (AvgIpc) is 2.33. The van der Waals surface area contributed by atoms with Crippen LogP contribution in [0.1, 0.15) is 22.8 Å². The van der Waals surface area contributed by atoms with Crippen molar-refractivity contribution in [2.45, 2.75) is 13.8 Å². The first-order valence-electron chi connectivity index (χ1n) is 5.94. The van der Waals surface area contributed by atoms with E-state index >= 15 is 0 Å². The molecule has 0 aliphatic carbocycles. The predicted octanol–water partition coefficient (Wildman–Crippen LogP) is 2.20. The molecule has 18 heavy (non-hydrogen) atoms. The molecular weight excluding hydrogens is 232 g/mol. The zero-order valence-corrected chi connectivity index (χ0v) is 11.0. The standard InChI is InChI=1S/C14H18O4/c1-10-6-11(16-3)4-5-12(10)13(15)18-9-14(2)7-17-8-14/h4-6H,7-9H2,1-3H3. The third kappa shape index (κ3) is 2.64. The van der Waals surface area contributed by atoms with E-state index in [-0.39, 0.29) is 11.4 Å². The number of carbonyl (C=O) groups excluding carboxylic acids is 1. The van der Waals surface area contributed by atoms with Crippen molar-refractivity contribution in [1.29, 1.82) is 0 Å². The third-order valence-corrected chi connectivity index (χ3v) is 3.11. The Morgan fingerprint density at radius 1 is 1.44 bits per heavy atom. The minimum Gasteiger partial charge on any atom is -0.497 e. The van der Waals surface area contributed by atoms with Crippen molar-refractivity contribution in [3.8, 4) is 5.75 Å². The molecule has 98 valence electrons. The molecule has 0 unspecified atom stereocenters. The van der Waals surface area contributed by atoms with Crippen molar-refractivity contribution in [2.24, 2.45) is 5.41 Å². The number of rotatable bonds is 4. The third-order valence-electron chi connectivity index (χ3n) is 3.11. The van der Waals surface area contributed by atoms with Crippen LogP contribution >= 0.6 is 0 Å². The molecule has 0 radical (unpaired) electrons. The van der Waals surface area contributed by atoms with Crippen LogP contribution in [0.4, 0.5) is 0 Å². The van der Waals surface area contributed by atoms with Crippen molar-refractivity contribution in [2.75, 3.05) is 26.9 Å². The fourth-order valence-corrected chi connectivity index (χ4v) is 1.84. The largest absolute Gasteiger partial charge is 0.497 e. The van der Waals surface area contributed by atoms with Crippen molar-refractivity contribution in [3.63, 3.8) is 0 Å². The van der Waals surface area contributed by atoms with E-state index < -0.39 is 0 Å². The van der Waals surface area contributed by atoms with E-state index in [2.05, 4.69) is 0 Å². The van der Waals surface area contributed by atoms with Crippen LogP contribution in [-0.2, 0) is 9.47 Å². The minimum absolute atomic E-state index is 0.0178. The smallest absolute Gasteiger partial charge is 0.338 e. The van der Waals surface area contributed by atoms with Gasteiger partial charge in [-0.05, 0) is 30.7 Å². The molecule has 1 aliphatic heterocycles. The topological polar surface area (TPSA) is 44.8 Å². The van der Waals surface area contributed by atoms with Crippen LogP contribution in [0.2, 0.25) is 0 Å². The number of methoxy groups -OCH3 is 1. The molecule has 0 saturated carbocycles. The van der Waals surface area contributed by atoms with Crippen LogP contribution in [0.25, 0.3) is 0 Å². The van der Waals surface area contributed by atoms with E-state index in [0.717, 1.165) is 11.3 Å². The fraction of sp³-hybridized carbons (Fsp3) is 0.500. The van der Waals surface area contributed by atoms with Crippen LogP contribution in [0.15, 0.2) is 18.2 Å². The maximum absolute atomic E-state index is 11.9. The normalized spacial score (nSPS) is 16.8. The first-order chi connectivity index (χ1) is 8.54. The fourth-order valence-electron chi connectivity index (χ4n) is 1.84. The summed E-state index contributed by atoms with van der Waals surface area (Å²) in [4.78, 5) is 11.9. The second-order valence-corrected chi connectivity index (χ2v) is 5.06. The molecule has 1 fully saturated rings. The Labute approximate surface area is 107 Å². The number of aryl methyl sites for hydroxylation is 1. The van der Waals surface area contributed by atoms with Gasteiger partial charge in [0, 0.05) is 5.41 Å². The molecule has 0 amide bonds. The second kappa shape index (κ2) is 4.98. The first kappa shape index (κ1) is 12.9. The van der Waals surface area contributed by atoms with Gasteiger partial charge in [-0.2, -0.15) is 0 Å². The summed E-state index contributed by atoms with van der Waals surface area (Å²) in [5.41, 5.74) is 1.42. The summed E-state index contributed by atoms with van der Waals surface area (Å²) in [5.74, 6) is 0.451. The Kier molecular flexibility index (Phi) is 3.57. The van der Waals surface area contributed by atoms with Crippen LogP contribution in [0, 0.1) is 12.3 Å². The molecule has 0 atom stereocenters. The molecule has 0 spiro atoms. The van der Waals surface area contributed by atoms with E-state index in [1.54, 1.807) is 19.2 Å². The summed E-state index contributed by atoms with van der Waals surface area (Å²) in [6, 6.07) is 5.32. The predicted molar refractivity (Wildman–Crippen MR) is 66.9 cm³/mol. The molecule has 2 rings (SSSR count). The summed E-state index contributed by atoms with van der Waals surface area (Å²) in [7, 11) is 1.60. The minimum atomic E-state index is -0.289. The highest BCUT2D eigenvalue weighted by Crippen LogP contribution is 2.27. The molecule has 1 heterocycles. The van der Waals surface area contributed by atoms with E-state index in [1.165, 1.54) is 0 Å². The van der Waals surface area contributed by atoms with Gasteiger partial charge < -0.3 is 14.2 Å². The van der Waals surface area contributed by atoms with E-state index in [4.69, 9.17) is 14.2 Å². The lowest BCUT2D eigenvalue weighted by molar-refractivity contribution is -0.127. The van der Waals surface area contributed by atoms with E-state index in [1.807, 2.05) is 19.9 Å². The monoisotopic (exact) mass is 250 g/mol. The molecule has 0 bridgehead atoms. The van der Waals surface area contributed by atoms with Crippen LogP contribution in [0.5, 0.6) is 5.75 Å². The summed E-state index contributed by atoms with van der Waals surface area (Å²) in [5, 5.41) is 0. The van der Waals surface area contributed by atoms with Gasteiger partial charge in [0.25, 0.3) is 0 Å². The molecule has 0 aromatic heterocycles. The van der Waals surface area contributed by atoms with Gasteiger partial charge in [0.1, 0.15) is 12.4 Å². The van der Waals surface area contributed by atoms with E-state index in [0.29, 0.717) is 25.4 Å². The van der Waals surface area contributed by atoms with E-state index in [9.17, 15) is 4.79 Å². The summed E-state index contributed by atoms with van der Waals surface area (Å²) in [6.45, 7) is 5.62. The van der Waals surface area contributed by atoms with Gasteiger partial charge in [-0.1, -0.05) is 6.92 Å². The quantitative estimate of drug-likeness (QED) is 0.768. The molecule has 4 nitrogen and oxygen atoms in total. The lowest BCUT2D eigenvalue weighted by Gasteiger charge is -2.37. The molecule has 1 aromatic carbocycles. The number of esters is 1. The molecule has 4 heteroatoms.